The Morgan fingerprint density at radius 2 is 1.81 bits per heavy atom. The first-order valence-corrected chi connectivity index (χ1v) is 8.29. The van der Waals surface area contributed by atoms with Crippen molar-refractivity contribution in [1.82, 2.24) is 14.6 Å². The molecule has 0 saturated carbocycles. The normalized spacial score (nSPS) is 10.9. The van der Waals surface area contributed by atoms with Crippen molar-refractivity contribution >= 4 is 23.1 Å². The Bertz CT molecular complexity index is 1130. The number of aryl methyl sites for hydroxylation is 1. The standard InChI is InChI=1S/C20H16FN5O/c1-12-10-18(25-16-8-4-14(5-9-16)19(22)27)26-20(24-12)17(11-23-26)13-2-6-15(21)7-3-13/h2-11,25H,1H3,(H2,22,27). The molecule has 6 nitrogen and oxygen atoms in total. The maximum atomic E-state index is 13.2. The lowest BCUT2D eigenvalue weighted by Gasteiger charge is -2.10. The summed E-state index contributed by atoms with van der Waals surface area (Å²) in [7, 11) is 0. The summed E-state index contributed by atoms with van der Waals surface area (Å²) in [6.45, 7) is 1.89. The summed E-state index contributed by atoms with van der Waals surface area (Å²) in [5.41, 5.74) is 9.61. The van der Waals surface area contributed by atoms with Gasteiger partial charge in [-0.3, -0.25) is 4.79 Å². The topological polar surface area (TPSA) is 85.3 Å². The molecule has 0 unspecified atom stereocenters. The molecule has 0 aliphatic carbocycles. The van der Waals surface area contributed by atoms with E-state index in [1.54, 1.807) is 47.1 Å². The van der Waals surface area contributed by atoms with Crippen molar-refractivity contribution in [3.05, 3.63) is 77.9 Å². The molecule has 2 heterocycles. The van der Waals surface area contributed by atoms with Gasteiger partial charge in [0.2, 0.25) is 5.91 Å². The Morgan fingerprint density at radius 1 is 1.11 bits per heavy atom. The van der Waals surface area contributed by atoms with Crippen LogP contribution in [0.4, 0.5) is 15.9 Å². The molecule has 0 aliphatic rings. The summed E-state index contributed by atoms with van der Waals surface area (Å²) in [6, 6.07) is 14.9. The molecule has 0 bridgehead atoms. The number of benzene rings is 2. The summed E-state index contributed by atoms with van der Waals surface area (Å²) in [5, 5.41) is 7.70. The minimum Gasteiger partial charge on any atom is -0.366 e. The molecule has 4 rings (SSSR count). The quantitative estimate of drug-likeness (QED) is 0.580. The number of hydrogen-bond donors (Lipinski definition) is 2. The van der Waals surface area contributed by atoms with E-state index in [2.05, 4.69) is 15.4 Å². The SMILES string of the molecule is Cc1cc(Nc2ccc(C(N)=O)cc2)n2ncc(-c3ccc(F)cc3)c2n1. The van der Waals surface area contributed by atoms with E-state index in [0.29, 0.717) is 11.2 Å². The number of anilines is 2. The Labute approximate surface area is 154 Å². The third-order valence-corrected chi connectivity index (χ3v) is 4.20. The number of carbonyl (C=O) groups is 1. The molecule has 27 heavy (non-hydrogen) atoms. The van der Waals surface area contributed by atoms with E-state index >= 15 is 0 Å². The Hall–Kier alpha value is -3.74. The molecular formula is C20H16FN5O. The molecule has 0 atom stereocenters. The van der Waals surface area contributed by atoms with Crippen molar-refractivity contribution < 1.29 is 9.18 Å². The maximum absolute atomic E-state index is 13.2. The fraction of sp³-hybridized carbons (Fsp3) is 0.0500. The zero-order valence-corrected chi connectivity index (χ0v) is 14.5. The molecule has 134 valence electrons. The van der Waals surface area contributed by atoms with Crippen LogP contribution in [0.1, 0.15) is 16.1 Å². The van der Waals surface area contributed by atoms with Crippen molar-refractivity contribution in [2.24, 2.45) is 5.73 Å². The third-order valence-electron chi connectivity index (χ3n) is 4.20. The van der Waals surface area contributed by atoms with E-state index < -0.39 is 5.91 Å². The fourth-order valence-electron chi connectivity index (χ4n) is 2.87. The van der Waals surface area contributed by atoms with Crippen LogP contribution in [0.15, 0.2) is 60.8 Å². The number of hydrogen-bond acceptors (Lipinski definition) is 4. The predicted octanol–water partition coefficient (Wildman–Crippen LogP) is 3.69. The summed E-state index contributed by atoms with van der Waals surface area (Å²) in [4.78, 5) is 15.8. The van der Waals surface area contributed by atoms with Crippen LogP contribution in [0.3, 0.4) is 0 Å². The van der Waals surface area contributed by atoms with Crippen LogP contribution >= 0.6 is 0 Å². The van der Waals surface area contributed by atoms with Crippen LogP contribution in [-0.2, 0) is 0 Å². The van der Waals surface area contributed by atoms with Gasteiger partial charge in [-0.2, -0.15) is 9.61 Å². The van der Waals surface area contributed by atoms with Gasteiger partial charge in [0.15, 0.2) is 5.65 Å². The van der Waals surface area contributed by atoms with Gasteiger partial charge in [0.05, 0.1) is 6.20 Å². The van der Waals surface area contributed by atoms with Crippen LogP contribution < -0.4 is 11.1 Å². The molecular weight excluding hydrogens is 345 g/mol. The molecule has 0 fully saturated rings. The summed E-state index contributed by atoms with van der Waals surface area (Å²) in [6.07, 6.45) is 1.70. The molecule has 1 amide bonds. The van der Waals surface area contributed by atoms with E-state index in [1.165, 1.54) is 12.1 Å². The highest BCUT2D eigenvalue weighted by molar-refractivity contribution is 5.93. The molecule has 2 aromatic heterocycles. The Kier molecular flexibility index (Phi) is 4.04. The second-order valence-electron chi connectivity index (χ2n) is 6.15. The number of halogens is 1. The van der Waals surface area contributed by atoms with Crippen LogP contribution in [0, 0.1) is 12.7 Å². The van der Waals surface area contributed by atoms with E-state index in [9.17, 15) is 9.18 Å². The van der Waals surface area contributed by atoms with E-state index in [4.69, 9.17) is 5.73 Å². The van der Waals surface area contributed by atoms with E-state index in [1.807, 2.05) is 13.0 Å². The number of nitrogens with zero attached hydrogens (tertiary/aromatic N) is 3. The molecule has 2 aromatic carbocycles. The first-order chi connectivity index (χ1) is 13.0. The van der Waals surface area contributed by atoms with Gasteiger partial charge in [-0.05, 0) is 48.9 Å². The maximum Gasteiger partial charge on any atom is 0.248 e. The first kappa shape index (κ1) is 16.7. The minimum absolute atomic E-state index is 0.291. The average Bonchev–Trinajstić information content (AvgIpc) is 3.07. The fourth-order valence-corrected chi connectivity index (χ4v) is 2.87. The summed E-state index contributed by atoms with van der Waals surface area (Å²) < 4.78 is 14.9. The lowest BCUT2D eigenvalue weighted by Crippen LogP contribution is -2.10. The molecule has 0 spiro atoms. The smallest absolute Gasteiger partial charge is 0.248 e. The number of aromatic nitrogens is 3. The monoisotopic (exact) mass is 361 g/mol. The summed E-state index contributed by atoms with van der Waals surface area (Å²) in [5.74, 6) is -0.0430. The zero-order chi connectivity index (χ0) is 19.0. The third kappa shape index (κ3) is 3.22. The van der Waals surface area contributed by atoms with E-state index in [-0.39, 0.29) is 5.82 Å². The van der Waals surface area contributed by atoms with Gasteiger partial charge in [-0.1, -0.05) is 12.1 Å². The van der Waals surface area contributed by atoms with Gasteiger partial charge in [0.25, 0.3) is 0 Å². The number of nitrogens with one attached hydrogen (secondary N) is 1. The van der Waals surface area contributed by atoms with Crippen LogP contribution in [-0.4, -0.2) is 20.5 Å². The number of fused-ring (bicyclic) bond motifs is 1. The minimum atomic E-state index is -0.472. The highest BCUT2D eigenvalue weighted by Crippen LogP contribution is 2.27. The molecule has 0 saturated heterocycles. The predicted molar refractivity (Wildman–Crippen MR) is 101 cm³/mol. The number of nitrogens with two attached hydrogens (primary N) is 1. The van der Waals surface area contributed by atoms with Gasteiger partial charge in [-0.15, -0.1) is 0 Å². The van der Waals surface area contributed by atoms with Crippen molar-refractivity contribution in [2.45, 2.75) is 6.92 Å². The van der Waals surface area contributed by atoms with Crippen LogP contribution in [0.5, 0.6) is 0 Å². The molecule has 3 N–H and O–H groups in total. The molecule has 7 heteroatoms. The highest BCUT2D eigenvalue weighted by Gasteiger charge is 2.12. The van der Waals surface area contributed by atoms with Crippen molar-refractivity contribution in [3.8, 4) is 11.1 Å². The summed E-state index contributed by atoms with van der Waals surface area (Å²) >= 11 is 0. The van der Waals surface area contributed by atoms with E-state index in [0.717, 1.165) is 28.3 Å². The Morgan fingerprint density at radius 3 is 2.48 bits per heavy atom. The van der Waals surface area contributed by atoms with Gasteiger partial charge in [0, 0.05) is 28.6 Å². The average molecular weight is 361 g/mol. The first-order valence-electron chi connectivity index (χ1n) is 8.29. The number of carbonyl (C=O) groups excluding carboxylic acids is 1. The zero-order valence-electron chi connectivity index (χ0n) is 14.5. The van der Waals surface area contributed by atoms with Crippen LogP contribution in [0.25, 0.3) is 16.8 Å². The van der Waals surface area contributed by atoms with Gasteiger partial charge in [0.1, 0.15) is 11.6 Å². The number of primary amides is 1. The lowest BCUT2D eigenvalue weighted by molar-refractivity contribution is 0.100. The Balaban J connectivity index is 1.75. The lowest BCUT2D eigenvalue weighted by atomic mass is 10.1. The number of rotatable bonds is 4. The number of amides is 1. The van der Waals surface area contributed by atoms with Gasteiger partial charge >= 0.3 is 0 Å². The molecule has 4 aromatic rings. The van der Waals surface area contributed by atoms with Crippen LogP contribution in [0.2, 0.25) is 0 Å². The largest absolute Gasteiger partial charge is 0.366 e. The second-order valence-corrected chi connectivity index (χ2v) is 6.15. The highest BCUT2D eigenvalue weighted by atomic mass is 19.1. The molecule has 0 radical (unpaired) electrons. The van der Waals surface area contributed by atoms with Gasteiger partial charge < -0.3 is 11.1 Å². The van der Waals surface area contributed by atoms with Crippen molar-refractivity contribution in [2.75, 3.05) is 5.32 Å². The van der Waals surface area contributed by atoms with Crippen molar-refractivity contribution in [1.29, 1.82) is 0 Å². The van der Waals surface area contributed by atoms with Crippen molar-refractivity contribution in [3.63, 3.8) is 0 Å². The van der Waals surface area contributed by atoms with Gasteiger partial charge in [-0.25, -0.2) is 9.37 Å². The second kappa shape index (κ2) is 6.53. The molecule has 0 aliphatic heterocycles.